The minimum absolute atomic E-state index is 0.263. The average molecular weight is 377 g/mol. The molecule has 0 saturated heterocycles. The average Bonchev–Trinajstić information content (AvgIpc) is 2.22. The number of rotatable bonds is 4. The summed E-state index contributed by atoms with van der Waals surface area (Å²) in [5.74, 6) is 0. The molecule has 0 radical (unpaired) electrons. The molecule has 1 aromatic rings. The second-order valence-corrected chi connectivity index (χ2v) is 5.15. The van der Waals surface area contributed by atoms with Crippen LogP contribution in [0.1, 0.15) is 5.56 Å². The van der Waals surface area contributed by atoms with Gasteiger partial charge < -0.3 is 10.4 Å². The lowest BCUT2D eigenvalue weighted by atomic mass is 10.2. The number of aliphatic hydroxyl groups is 1. The first kappa shape index (κ1) is 14.9. The van der Waals surface area contributed by atoms with Crippen LogP contribution >= 0.6 is 31.9 Å². The van der Waals surface area contributed by atoms with E-state index in [0.29, 0.717) is 0 Å². The highest BCUT2D eigenvalue weighted by Crippen LogP contribution is 2.24. The lowest BCUT2D eigenvalue weighted by Gasteiger charge is -2.15. The number of hydrogen-bond donors (Lipinski definition) is 2. The first-order chi connectivity index (χ1) is 7.80. The van der Waals surface area contributed by atoms with Crippen molar-refractivity contribution in [2.45, 2.75) is 18.8 Å². The van der Waals surface area contributed by atoms with E-state index in [0.717, 1.165) is 14.5 Å². The van der Waals surface area contributed by atoms with Crippen LogP contribution in [0.4, 0.5) is 13.2 Å². The van der Waals surface area contributed by atoms with Crippen molar-refractivity contribution in [1.29, 1.82) is 0 Å². The fourth-order valence-corrected chi connectivity index (χ4v) is 1.79. The van der Waals surface area contributed by atoms with Crippen molar-refractivity contribution in [2.75, 3.05) is 6.54 Å². The van der Waals surface area contributed by atoms with Crippen LogP contribution in [0.15, 0.2) is 27.1 Å². The van der Waals surface area contributed by atoms with Gasteiger partial charge in [-0.2, -0.15) is 13.2 Å². The molecule has 0 amide bonds. The zero-order valence-corrected chi connectivity index (χ0v) is 11.7. The molecule has 0 aromatic heterocycles. The van der Waals surface area contributed by atoms with Crippen LogP contribution in [-0.2, 0) is 6.54 Å². The minimum atomic E-state index is -4.58. The molecule has 0 bridgehead atoms. The number of nitrogens with one attached hydrogen (secondary N) is 1. The lowest BCUT2D eigenvalue weighted by molar-refractivity contribution is -0.201. The van der Waals surface area contributed by atoms with Gasteiger partial charge >= 0.3 is 6.18 Å². The van der Waals surface area contributed by atoms with E-state index in [1.165, 1.54) is 0 Å². The van der Waals surface area contributed by atoms with Crippen LogP contribution in [0.3, 0.4) is 0 Å². The normalized spacial score (nSPS) is 13.8. The van der Waals surface area contributed by atoms with Gasteiger partial charge in [0.1, 0.15) is 0 Å². The molecule has 0 aliphatic heterocycles. The number of aliphatic hydroxyl groups excluding tert-OH is 1. The third-order valence-electron chi connectivity index (χ3n) is 2.03. The van der Waals surface area contributed by atoms with E-state index in [1.807, 2.05) is 0 Å². The Labute approximate surface area is 113 Å². The highest BCUT2D eigenvalue weighted by Gasteiger charge is 2.37. The van der Waals surface area contributed by atoms with Crippen LogP contribution in [0, 0.1) is 0 Å². The number of benzene rings is 1. The highest BCUT2D eigenvalue weighted by atomic mass is 79.9. The summed E-state index contributed by atoms with van der Waals surface area (Å²) in [5.41, 5.74) is 0.828. The molecule has 17 heavy (non-hydrogen) atoms. The van der Waals surface area contributed by atoms with E-state index >= 15 is 0 Å². The number of halogens is 5. The van der Waals surface area contributed by atoms with E-state index in [-0.39, 0.29) is 6.54 Å². The first-order valence-corrected chi connectivity index (χ1v) is 6.28. The minimum Gasteiger partial charge on any atom is -0.382 e. The van der Waals surface area contributed by atoms with Crippen molar-refractivity contribution in [2.24, 2.45) is 0 Å². The standard InChI is InChI=1S/C10H10Br2F3NO/c11-7-2-1-6(3-8(7)12)4-16-5-9(17)10(13,14)15/h1-3,9,16-17H,4-5H2. The van der Waals surface area contributed by atoms with Gasteiger partial charge in [0.05, 0.1) is 0 Å². The van der Waals surface area contributed by atoms with Gasteiger partial charge in [0, 0.05) is 22.0 Å². The van der Waals surface area contributed by atoms with Crippen LogP contribution in [0.2, 0.25) is 0 Å². The Hall–Kier alpha value is -0.110. The van der Waals surface area contributed by atoms with E-state index in [4.69, 9.17) is 5.11 Å². The van der Waals surface area contributed by atoms with Crippen molar-refractivity contribution in [3.8, 4) is 0 Å². The monoisotopic (exact) mass is 375 g/mol. The predicted octanol–water partition coefficient (Wildman–Crippen LogP) is 3.22. The van der Waals surface area contributed by atoms with Gasteiger partial charge in [-0.1, -0.05) is 6.07 Å². The second-order valence-electron chi connectivity index (χ2n) is 3.44. The third kappa shape index (κ3) is 4.95. The Balaban J connectivity index is 2.44. The molecule has 1 unspecified atom stereocenters. The maximum Gasteiger partial charge on any atom is 0.415 e. The summed E-state index contributed by atoms with van der Waals surface area (Å²) in [6, 6.07) is 5.36. The van der Waals surface area contributed by atoms with Crippen LogP contribution < -0.4 is 5.32 Å². The molecule has 2 nitrogen and oxygen atoms in total. The van der Waals surface area contributed by atoms with Crippen molar-refractivity contribution < 1.29 is 18.3 Å². The second kappa shape index (κ2) is 6.17. The molecule has 96 valence electrons. The summed E-state index contributed by atoms with van der Waals surface area (Å²) >= 11 is 6.59. The first-order valence-electron chi connectivity index (χ1n) is 4.70. The van der Waals surface area contributed by atoms with E-state index in [2.05, 4.69) is 37.2 Å². The van der Waals surface area contributed by atoms with Crippen molar-refractivity contribution >= 4 is 31.9 Å². The molecule has 1 rings (SSSR count). The third-order valence-corrected chi connectivity index (χ3v) is 3.91. The highest BCUT2D eigenvalue weighted by molar-refractivity contribution is 9.13. The zero-order chi connectivity index (χ0) is 13.1. The Morgan fingerprint density at radius 1 is 1.24 bits per heavy atom. The predicted molar refractivity (Wildman–Crippen MR) is 65.6 cm³/mol. The van der Waals surface area contributed by atoms with Crippen molar-refractivity contribution in [3.63, 3.8) is 0 Å². The van der Waals surface area contributed by atoms with E-state index in [9.17, 15) is 13.2 Å². The van der Waals surface area contributed by atoms with Gasteiger partial charge in [-0.05, 0) is 49.6 Å². The van der Waals surface area contributed by atoms with Gasteiger partial charge in [-0.25, -0.2) is 0 Å². The van der Waals surface area contributed by atoms with Crippen LogP contribution in [0.5, 0.6) is 0 Å². The molecule has 0 heterocycles. The molecule has 2 N–H and O–H groups in total. The summed E-state index contributed by atoms with van der Waals surface area (Å²) in [4.78, 5) is 0. The molecule has 0 spiro atoms. The molecule has 0 fully saturated rings. The molecule has 7 heteroatoms. The molecular formula is C10H10Br2F3NO. The van der Waals surface area contributed by atoms with E-state index in [1.54, 1.807) is 18.2 Å². The molecule has 0 saturated carbocycles. The summed E-state index contributed by atoms with van der Waals surface area (Å²) in [6.45, 7) is -0.254. The summed E-state index contributed by atoms with van der Waals surface area (Å²) in [7, 11) is 0. The number of hydrogen-bond acceptors (Lipinski definition) is 2. The quantitative estimate of drug-likeness (QED) is 0.845. The summed E-state index contributed by atoms with van der Waals surface area (Å²) in [6.07, 6.45) is -6.91. The van der Waals surface area contributed by atoms with Gasteiger partial charge in [0.2, 0.25) is 0 Å². The van der Waals surface area contributed by atoms with Gasteiger partial charge in [0.15, 0.2) is 6.10 Å². The molecule has 0 aliphatic rings. The molecule has 0 aliphatic carbocycles. The SMILES string of the molecule is OC(CNCc1ccc(Br)c(Br)c1)C(F)(F)F. The van der Waals surface area contributed by atoms with Crippen LogP contribution in [0.25, 0.3) is 0 Å². The maximum absolute atomic E-state index is 12.0. The molecule has 1 aromatic carbocycles. The fourth-order valence-electron chi connectivity index (χ4n) is 1.12. The Morgan fingerprint density at radius 2 is 1.88 bits per heavy atom. The molecule has 1 atom stereocenters. The summed E-state index contributed by atoms with van der Waals surface area (Å²) in [5, 5.41) is 11.3. The Morgan fingerprint density at radius 3 is 2.41 bits per heavy atom. The lowest BCUT2D eigenvalue weighted by Crippen LogP contribution is -2.38. The Bertz CT molecular complexity index is 384. The van der Waals surface area contributed by atoms with Gasteiger partial charge in [-0.3, -0.25) is 0 Å². The topological polar surface area (TPSA) is 32.3 Å². The number of alkyl halides is 3. The van der Waals surface area contributed by atoms with E-state index < -0.39 is 18.8 Å². The van der Waals surface area contributed by atoms with Gasteiger partial charge in [0.25, 0.3) is 0 Å². The van der Waals surface area contributed by atoms with Gasteiger partial charge in [-0.15, -0.1) is 0 Å². The van der Waals surface area contributed by atoms with Crippen molar-refractivity contribution in [1.82, 2.24) is 5.32 Å². The smallest absolute Gasteiger partial charge is 0.382 e. The maximum atomic E-state index is 12.0. The summed E-state index contributed by atoms with van der Waals surface area (Å²) < 4.78 is 37.7. The fraction of sp³-hybridized carbons (Fsp3) is 0.400. The van der Waals surface area contributed by atoms with Crippen molar-refractivity contribution in [3.05, 3.63) is 32.7 Å². The Kier molecular flexibility index (Phi) is 5.43. The van der Waals surface area contributed by atoms with Crippen LogP contribution in [-0.4, -0.2) is 23.9 Å². The largest absolute Gasteiger partial charge is 0.415 e. The zero-order valence-electron chi connectivity index (χ0n) is 8.56. The molecular weight excluding hydrogens is 367 g/mol.